The maximum Gasteiger partial charge on any atom is 0.272 e. The second-order valence-electron chi connectivity index (χ2n) is 5.53. The molecule has 6 nitrogen and oxygen atoms in total. The van der Waals surface area contributed by atoms with Crippen molar-refractivity contribution in [1.29, 1.82) is 0 Å². The van der Waals surface area contributed by atoms with E-state index in [1.165, 1.54) is 0 Å². The van der Waals surface area contributed by atoms with Crippen molar-refractivity contribution in [2.24, 2.45) is 0 Å². The molecule has 6 heteroatoms. The van der Waals surface area contributed by atoms with Crippen LogP contribution in [0.3, 0.4) is 0 Å². The van der Waals surface area contributed by atoms with E-state index >= 15 is 0 Å². The van der Waals surface area contributed by atoms with Crippen molar-refractivity contribution in [2.45, 2.75) is 26.1 Å². The number of pyridine rings is 2. The van der Waals surface area contributed by atoms with Gasteiger partial charge in [0.05, 0.1) is 24.9 Å². The van der Waals surface area contributed by atoms with Crippen molar-refractivity contribution in [1.82, 2.24) is 14.9 Å². The van der Waals surface area contributed by atoms with Gasteiger partial charge < -0.3 is 15.4 Å². The number of nitrogens with zero attached hydrogens (tertiary/aromatic N) is 3. The molecule has 2 aromatic heterocycles. The third-order valence-electron chi connectivity index (χ3n) is 4.23. The van der Waals surface area contributed by atoms with Crippen LogP contribution in [0.25, 0.3) is 10.9 Å². The Bertz CT molecular complexity index is 738. The molecule has 0 bridgehead atoms. The predicted molar refractivity (Wildman–Crippen MR) is 77.6 cm³/mol. The normalized spacial score (nSPS) is 17.4. The standard InChI is InChI=1S/C15H16N4O2/c16-14-11-8-21-7-10(11)9-5-12(17-6-13(9)18-14)15(20)19-3-1-2-4-19/h5-6H,1-4,7-8H2,(H2,16,18). The summed E-state index contributed by atoms with van der Waals surface area (Å²) in [5.41, 5.74) is 9.11. The Morgan fingerprint density at radius 2 is 2.00 bits per heavy atom. The summed E-state index contributed by atoms with van der Waals surface area (Å²) in [6, 6.07) is 1.83. The first-order valence-electron chi connectivity index (χ1n) is 7.18. The molecule has 2 aliphatic rings. The monoisotopic (exact) mass is 284 g/mol. The fraction of sp³-hybridized carbons (Fsp3) is 0.400. The molecule has 0 radical (unpaired) electrons. The van der Waals surface area contributed by atoms with Crippen molar-refractivity contribution in [3.05, 3.63) is 29.1 Å². The average molecular weight is 284 g/mol. The van der Waals surface area contributed by atoms with Gasteiger partial charge >= 0.3 is 0 Å². The van der Waals surface area contributed by atoms with Crippen LogP contribution in [-0.2, 0) is 18.0 Å². The van der Waals surface area contributed by atoms with Gasteiger partial charge in [-0.3, -0.25) is 4.79 Å². The highest BCUT2D eigenvalue weighted by Gasteiger charge is 2.23. The van der Waals surface area contributed by atoms with Gasteiger partial charge in [0, 0.05) is 24.0 Å². The van der Waals surface area contributed by atoms with Gasteiger partial charge in [-0.2, -0.15) is 0 Å². The van der Waals surface area contributed by atoms with Gasteiger partial charge in [-0.15, -0.1) is 0 Å². The van der Waals surface area contributed by atoms with Gasteiger partial charge in [-0.05, 0) is 24.5 Å². The molecule has 2 aliphatic heterocycles. The van der Waals surface area contributed by atoms with Gasteiger partial charge in [0.25, 0.3) is 5.91 Å². The minimum atomic E-state index is -0.00103. The third-order valence-corrected chi connectivity index (χ3v) is 4.23. The number of aromatic nitrogens is 2. The minimum absolute atomic E-state index is 0.00103. The van der Waals surface area contributed by atoms with E-state index in [1.807, 2.05) is 11.0 Å². The highest BCUT2D eigenvalue weighted by molar-refractivity contribution is 5.97. The van der Waals surface area contributed by atoms with Gasteiger partial charge in [0.1, 0.15) is 11.5 Å². The molecule has 2 N–H and O–H groups in total. The maximum absolute atomic E-state index is 12.4. The molecule has 0 atom stereocenters. The molecule has 21 heavy (non-hydrogen) atoms. The number of ether oxygens (including phenoxy) is 1. The van der Waals surface area contributed by atoms with E-state index < -0.39 is 0 Å². The van der Waals surface area contributed by atoms with E-state index in [4.69, 9.17) is 10.5 Å². The second kappa shape index (κ2) is 4.66. The van der Waals surface area contributed by atoms with Crippen LogP contribution in [0.15, 0.2) is 12.3 Å². The van der Waals surface area contributed by atoms with Crippen molar-refractivity contribution < 1.29 is 9.53 Å². The third kappa shape index (κ3) is 1.94. The molecular weight excluding hydrogens is 268 g/mol. The molecule has 0 saturated carbocycles. The first-order valence-corrected chi connectivity index (χ1v) is 7.18. The van der Waals surface area contributed by atoms with Gasteiger partial charge in [-0.1, -0.05) is 0 Å². The summed E-state index contributed by atoms with van der Waals surface area (Å²) in [6.45, 7) is 2.64. The van der Waals surface area contributed by atoms with Crippen molar-refractivity contribution in [3.63, 3.8) is 0 Å². The smallest absolute Gasteiger partial charge is 0.272 e. The Labute approximate surface area is 121 Å². The Balaban J connectivity index is 1.82. The number of hydrogen-bond donors (Lipinski definition) is 1. The van der Waals surface area contributed by atoms with Gasteiger partial charge in [-0.25, -0.2) is 9.97 Å². The molecular formula is C15H16N4O2. The summed E-state index contributed by atoms with van der Waals surface area (Å²) < 4.78 is 5.47. The van der Waals surface area contributed by atoms with Crippen molar-refractivity contribution in [3.8, 4) is 0 Å². The van der Waals surface area contributed by atoms with Crippen molar-refractivity contribution >= 4 is 22.6 Å². The number of likely N-dealkylation sites (tertiary alicyclic amines) is 1. The van der Waals surface area contributed by atoms with Crippen LogP contribution in [0.2, 0.25) is 0 Å². The van der Waals surface area contributed by atoms with Crippen LogP contribution < -0.4 is 5.73 Å². The lowest BCUT2D eigenvalue weighted by atomic mass is 10.1. The highest BCUT2D eigenvalue weighted by Crippen LogP contribution is 2.31. The Morgan fingerprint density at radius 3 is 2.81 bits per heavy atom. The lowest BCUT2D eigenvalue weighted by Crippen LogP contribution is -2.28. The summed E-state index contributed by atoms with van der Waals surface area (Å²) in [5.74, 6) is 0.495. The molecule has 0 spiro atoms. The molecule has 0 unspecified atom stereocenters. The molecule has 4 heterocycles. The minimum Gasteiger partial charge on any atom is -0.383 e. The summed E-state index contributed by atoms with van der Waals surface area (Å²) in [6.07, 6.45) is 3.77. The number of nitrogen functional groups attached to an aromatic ring is 1. The second-order valence-corrected chi connectivity index (χ2v) is 5.53. The van der Waals surface area contributed by atoms with Crippen LogP contribution in [0.5, 0.6) is 0 Å². The van der Waals surface area contributed by atoms with E-state index in [0.717, 1.165) is 48.0 Å². The molecule has 1 amide bonds. The van der Waals surface area contributed by atoms with Crippen LogP contribution in [0, 0.1) is 0 Å². The quantitative estimate of drug-likeness (QED) is 0.857. The van der Waals surface area contributed by atoms with E-state index in [2.05, 4.69) is 9.97 Å². The Hall–Kier alpha value is -2.21. The molecule has 1 fully saturated rings. The summed E-state index contributed by atoms with van der Waals surface area (Å²) in [5, 5.41) is 0.925. The fourth-order valence-electron chi connectivity index (χ4n) is 3.07. The van der Waals surface area contributed by atoms with E-state index in [1.54, 1.807) is 6.20 Å². The van der Waals surface area contributed by atoms with Crippen molar-refractivity contribution in [2.75, 3.05) is 18.8 Å². The highest BCUT2D eigenvalue weighted by atomic mass is 16.5. The first-order chi connectivity index (χ1) is 10.2. The van der Waals surface area contributed by atoms with Gasteiger partial charge in [0.15, 0.2) is 0 Å². The molecule has 1 saturated heterocycles. The zero-order valence-corrected chi connectivity index (χ0v) is 11.6. The molecule has 4 rings (SSSR count). The molecule has 0 aliphatic carbocycles. The Kier molecular flexibility index (Phi) is 2.78. The lowest BCUT2D eigenvalue weighted by molar-refractivity contribution is 0.0787. The van der Waals surface area contributed by atoms with Crippen LogP contribution in [-0.4, -0.2) is 33.9 Å². The number of amides is 1. The summed E-state index contributed by atoms with van der Waals surface area (Å²) >= 11 is 0. The molecule has 2 aromatic rings. The van der Waals surface area contributed by atoms with Crippen LogP contribution >= 0.6 is 0 Å². The number of carbonyl (C=O) groups is 1. The van der Waals surface area contributed by atoms with E-state index in [-0.39, 0.29) is 5.91 Å². The number of hydrogen-bond acceptors (Lipinski definition) is 5. The Morgan fingerprint density at radius 1 is 1.24 bits per heavy atom. The number of anilines is 1. The summed E-state index contributed by atoms with van der Waals surface area (Å²) in [7, 11) is 0. The number of rotatable bonds is 1. The van der Waals surface area contributed by atoms with Gasteiger partial charge in [0.2, 0.25) is 0 Å². The predicted octanol–water partition coefficient (Wildman–Crippen LogP) is 1.48. The molecule has 108 valence electrons. The van der Waals surface area contributed by atoms with E-state index in [9.17, 15) is 4.79 Å². The number of carbonyl (C=O) groups excluding carboxylic acids is 1. The fourth-order valence-corrected chi connectivity index (χ4v) is 3.07. The maximum atomic E-state index is 12.4. The average Bonchev–Trinajstić information content (AvgIpc) is 3.18. The summed E-state index contributed by atoms with van der Waals surface area (Å²) in [4.78, 5) is 22.9. The van der Waals surface area contributed by atoms with Crippen LogP contribution in [0.4, 0.5) is 5.82 Å². The number of nitrogens with two attached hydrogens (primary N) is 1. The van der Waals surface area contributed by atoms with E-state index in [0.29, 0.717) is 24.7 Å². The first kappa shape index (κ1) is 12.5. The zero-order chi connectivity index (χ0) is 14.4. The zero-order valence-electron chi connectivity index (χ0n) is 11.6. The molecule has 0 aromatic carbocycles. The topological polar surface area (TPSA) is 81.3 Å². The SMILES string of the molecule is Nc1nc2cnc(C(=O)N3CCCC3)cc2c2c1COC2. The largest absolute Gasteiger partial charge is 0.383 e. The lowest BCUT2D eigenvalue weighted by Gasteiger charge is -2.15. The van der Waals surface area contributed by atoms with Crippen LogP contribution in [0.1, 0.15) is 34.5 Å². The number of fused-ring (bicyclic) bond motifs is 3.